The molecule has 0 amide bonds. The second-order valence-electron chi connectivity index (χ2n) is 4.86. The van der Waals surface area contributed by atoms with Crippen molar-refractivity contribution in [2.24, 2.45) is 5.92 Å². The number of rotatable bonds is 7. The predicted molar refractivity (Wildman–Crippen MR) is 65.5 cm³/mol. The molecule has 4 heteroatoms. The van der Waals surface area contributed by atoms with Crippen LogP contribution in [-0.4, -0.2) is 35.6 Å². The lowest BCUT2D eigenvalue weighted by Gasteiger charge is -2.32. The van der Waals surface area contributed by atoms with E-state index in [0.29, 0.717) is 18.8 Å². The molecule has 0 spiro atoms. The highest BCUT2D eigenvalue weighted by molar-refractivity contribution is 5.66. The summed E-state index contributed by atoms with van der Waals surface area (Å²) in [6.07, 6.45) is 6.17. The summed E-state index contributed by atoms with van der Waals surface area (Å²) in [5.41, 5.74) is 0. The number of piperidine rings is 1. The number of hydrogen-bond acceptors (Lipinski definition) is 3. The number of aliphatic carboxylic acids is 1. The van der Waals surface area contributed by atoms with Crippen LogP contribution < -0.4 is 0 Å². The van der Waals surface area contributed by atoms with Gasteiger partial charge in [0.15, 0.2) is 0 Å². The fourth-order valence-corrected chi connectivity index (χ4v) is 2.46. The van der Waals surface area contributed by atoms with Crippen LogP contribution >= 0.6 is 0 Å². The molecule has 0 aliphatic carbocycles. The Hall–Kier alpha value is -1.08. The van der Waals surface area contributed by atoms with Crippen molar-refractivity contribution in [3.05, 3.63) is 0 Å². The summed E-state index contributed by atoms with van der Waals surface area (Å²) in [4.78, 5) is 12.9. The van der Waals surface area contributed by atoms with Crippen LogP contribution in [0.15, 0.2) is 0 Å². The Morgan fingerprint density at radius 2 is 2.29 bits per heavy atom. The van der Waals surface area contributed by atoms with Crippen LogP contribution in [0.2, 0.25) is 0 Å². The molecule has 96 valence electrons. The van der Waals surface area contributed by atoms with E-state index >= 15 is 0 Å². The van der Waals surface area contributed by atoms with Gasteiger partial charge in [0.05, 0.1) is 6.07 Å². The highest BCUT2D eigenvalue weighted by Crippen LogP contribution is 2.21. The van der Waals surface area contributed by atoms with Crippen molar-refractivity contribution < 1.29 is 9.90 Å². The van der Waals surface area contributed by atoms with Gasteiger partial charge >= 0.3 is 5.97 Å². The zero-order valence-corrected chi connectivity index (χ0v) is 10.4. The molecule has 0 aromatic rings. The maximum atomic E-state index is 10.5. The summed E-state index contributed by atoms with van der Waals surface area (Å²) in [5, 5.41) is 17.1. The Morgan fingerprint density at radius 1 is 1.47 bits per heavy atom. The normalized spacial score (nSPS) is 21.0. The van der Waals surface area contributed by atoms with Crippen LogP contribution in [0.4, 0.5) is 0 Å². The number of nitrogens with zero attached hydrogens (tertiary/aromatic N) is 2. The van der Waals surface area contributed by atoms with Gasteiger partial charge in [-0.2, -0.15) is 5.26 Å². The molecule has 1 heterocycles. The molecule has 1 N–H and O–H groups in total. The van der Waals surface area contributed by atoms with E-state index in [4.69, 9.17) is 10.4 Å². The first-order valence-electron chi connectivity index (χ1n) is 6.53. The lowest BCUT2D eigenvalue weighted by atomic mass is 9.93. The van der Waals surface area contributed by atoms with Crippen molar-refractivity contribution >= 4 is 5.97 Å². The van der Waals surface area contributed by atoms with E-state index in [9.17, 15) is 4.79 Å². The molecule has 0 saturated carbocycles. The maximum Gasteiger partial charge on any atom is 0.303 e. The van der Waals surface area contributed by atoms with E-state index in [1.54, 1.807) is 0 Å². The van der Waals surface area contributed by atoms with Gasteiger partial charge in [-0.05, 0) is 51.1 Å². The summed E-state index contributed by atoms with van der Waals surface area (Å²) >= 11 is 0. The first-order chi connectivity index (χ1) is 8.22. The lowest BCUT2D eigenvalue weighted by molar-refractivity contribution is -0.137. The predicted octanol–water partition coefficient (Wildman–Crippen LogP) is 2.26. The molecule has 1 rings (SSSR count). The zero-order chi connectivity index (χ0) is 12.5. The van der Waals surface area contributed by atoms with Gasteiger partial charge in [-0.25, -0.2) is 0 Å². The molecule has 0 radical (unpaired) electrons. The van der Waals surface area contributed by atoms with Crippen LogP contribution in [0, 0.1) is 17.2 Å². The standard InChI is InChI=1S/C13H22N2O2/c14-8-2-1-3-9-15-10-4-5-12(11-15)6-7-13(16)17/h12H,1-7,9-11H2,(H,16,17). The summed E-state index contributed by atoms with van der Waals surface area (Å²) in [5.74, 6) is -0.132. The molecule has 0 bridgehead atoms. The molecule has 1 aliphatic rings. The third kappa shape index (κ3) is 6.28. The zero-order valence-electron chi connectivity index (χ0n) is 10.4. The molecule has 0 aromatic carbocycles. The lowest BCUT2D eigenvalue weighted by Crippen LogP contribution is -2.36. The van der Waals surface area contributed by atoms with E-state index in [1.165, 1.54) is 12.8 Å². The SMILES string of the molecule is N#CCCCCN1CCCC(CCC(=O)O)C1. The number of carboxylic acids is 1. The smallest absolute Gasteiger partial charge is 0.303 e. The minimum absolute atomic E-state index is 0.299. The van der Waals surface area contributed by atoms with Gasteiger partial charge in [-0.15, -0.1) is 0 Å². The average molecular weight is 238 g/mol. The molecule has 1 aliphatic heterocycles. The molecule has 4 nitrogen and oxygen atoms in total. The highest BCUT2D eigenvalue weighted by Gasteiger charge is 2.19. The van der Waals surface area contributed by atoms with Crippen molar-refractivity contribution in [2.45, 2.75) is 44.9 Å². The van der Waals surface area contributed by atoms with Crippen LogP contribution in [-0.2, 0) is 4.79 Å². The Bertz CT molecular complexity index is 273. The Labute approximate surface area is 103 Å². The molecular formula is C13H22N2O2. The summed E-state index contributed by atoms with van der Waals surface area (Å²) in [7, 11) is 0. The van der Waals surface area contributed by atoms with Crippen molar-refractivity contribution in [2.75, 3.05) is 19.6 Å². The topological polar surface area (TPSA) is 64.3 Å². The van der Waals surface area contributed by atoms with E-state index in [-0.39, 0.29) is 0 Å². The molecule has 17 heavy (non-hydrogen) atoms. The van der Waals surface area contributed by atoms with E-state index in [2.05, 4.69) is 11.0 Å². The molecule has 1 saturated heterocycles. The van der Waals surface area contributed by atoms with Crippen molar-refractivity contribution in [1.29, 1.82) is 5.26 Å². The summed E-state index contributed by atoms with van der Waals surface area (Å²) in [6, 6.07) is 2.16. The monoisotopic (exact) mass is 238 g/mol. The van der Waals surface area contributed by atoms with E-state index in [1.807, 2.05) is 0 Å². The van der Waals surface area contributed by atoms with Gasteiger partial charge in [0.25, 0.3) is 0 Å². The maximum absolute atomic E-state index is 10.5. The van der Waals surface area contributed by atoms with Crippen LogP contribution in [0.5, 0.6) is 0 Å². The molecule has 1 fully saturated rings. The number of likely N-dealkylation sites (tertiary alicyclic amines) is 1. The minimum atomic E-state index is -0.684. The number of carbonyl (C=O) groups is 1. The summed E-state index contributed by atoms with van der Waals surface area (Å²) in [6.45, 7) is 3.24. The van der Waals surface area contributed by atoms with Gasteiger partial charge in [-0.1, -0.05) is 0 Å². The van der Waals surface area contributed by atoms with Crippen LogP contribution in [0.1, 0.15) is 44.9 Å². The first kappa shape index (κ1) is 14.0. The Morgan fingerprint density at radius 3 is 3.00 bits per heavy atom. The van der Waals surface area contributed by atoms with Crippen molar-refractivity contribution in [1.82, 2.24) is 4.90 Å². The largest absolute Gasteiger partial charge is 0.481 e. The first-order valence-corrected chi connectivity index (χ1v) is 6.53. The van der Waals surface area contributed by atoms with Gasteiger partial charge in [-0.3, -0.25) is 4.79 Å². The van der Waals surface area contributed by atoms with Gasteiger partial charge in [0.2, 0.25) is 0 Å². The van der Waals surface area contributed by atoms with E-state index in [0.717, 1.165) is 38.9 Å². The van der Waals surface area contributed by atoms with Gasteiger partial charge < -0.3 is 10.0 Å². The molecule has 0 aromatic heterocycles. The Kier molecular flexibility index (Phi) is 6.64. The summed E-state index contributed by atoms with van der Waals surface area (Å²) < 4.78 is 0. The molecule has 1 atom stereocenters. The third-order valence-corrected chi connectivity index (χ3v) is 3.38. The van der Waals surface area contributed by atoms with Gasteiger partial charge in [0, 0.05) is 19.4 Å². The quantitative estimate of drug-likeness (QED) is 0.691. The number of hydrogen-bond donors (Lipinski definition) is 1. The number of unbranched alkanes of at least 4 members (excludes halogenated alkanes) is 2. The molecule has 1 unspecified atom stereocenters. The van der Waals surface area contributed by atoms with Gasteiger partial charge in [0.1, 0.15) is 0 Å². The fraction of sp³-hybridized carbons (Fsp3) is 0.846. The number of carboxylic acid groups (broad SMARTS) is 1. The molecular weight excluding hydrogens is 216 g/mol. The fourth-order valence-electron chi connectivity index (χ4n) is 2.46. The highest BCUT2D eigenvalue weighted by atomic mass is 16.4. The Balaban J connectivity index is 2.15. The van der Waals surface area contributed by atoms with Crippen LogP contribution in [0.25, 0.3) is 0 Å². The average Bonchev–Trinajstić information content (AvgIpc) is 2.33. The van der Waals surface area contributed by atoms with E-state index < -0.39 is 5.97 Å². The second-order valence-corrected chi connectivity index (χ2v) is 4.86. The number of nitriles is 1. The minimum Gasteiger partial charge on any atom is -0.481 e. The van der Waals surface area contributed by atoms with Crippen LogP contribution in [0.3, 0.4) is 0 Å². The second kappa shape index (κ2) is 8.08. The third-order valence-electron chi connectivity index (χ3n) is 3.38. The van der Waals surface area contributed by atoms with Crippen molar-refractivity contribution in [3.8, 4) is 6.07 Å². The van der Waals surface area contributed by atoms with Crippen molar-refractivity contribution in [3.63, 3.8) is 0 Å².